The third-order valence-electron chi connectivity index (χ3n) is 2.89. The van der Waals surface area contributed by atoms with Crippen LogP contribution in [0.25, 0.3) is 0 Å². The Hall–Kier alpha value is -2.24. The number of hydrogen-bond donors (Lipinski definition) is 2. The van der Waals surface area contributed by atoms with Gasteiger partial charge in [-0.15, -0.1) is 10.2 Å². The first-order valence-electron chi connectivity index (χ1n) is 6.64. The van der Waals surface area contributed by atoms with E-state index in [4.69, 9.17) is 10.5 Å². The van der Waals surface area contributed by atoms with Crippen molar-refractivity contribution in [3.8, 4) is 5.75 Å². The van der Waals surface area contributed by atoms with Gasteiger partial charge in [0, 0.05) is 18.8 Å². The van der Waals surface area contributed by atoms with Gasteiger partial charge >= 0.3 is 0 Å². The normalized spacial score (nSPS) is 12.4. The van der Waals surface area contributed by atoms with Crippen LogP contribution >= 0.6 is 0 Å². The molecule has 0 aliphatic carbocycles. The highest BCUT2D eigenvalue weighted by Gasteiger charge is 2.12. The molecule has 108 valence electrons. The zero-order valence-corrected chi connectivity index (χ0v) is 12.3. The molecule has 0 amide bonds. The minimum Gasteiger partial charge on any atom is -0.489 e. The molecular formula is C14H21N5O. The van der Waals surface area contributed by atoms with Gasteiger partial charge in [0.2, 0.25) is 0 Å². The number of benzene rings is 1. The van der Waals surface area contributed by atoms with Crippen molar-refractivity contribution in [2.75, 3.05) is 11.1 Å². The van der Waals surface area contributed by atoms with Gasteiger partial charge in [0.05, 0.1) is 17.8 Å². The van der Waals surface area contributed by atoms with Crippen molar-refractivity contribution in [2.24, 2.45) is 7.05 Å². The lowest BCUT2D eigenvalue weighted by atomic mass is 10.2. The number of hydrogen-bond acceptors (Lipinski definition) is 5. The van der Waals surface area contributed by atoms with Gasteiger partial charge < -0.3 is 20.4 Å². The van der Waals surface area contributed by atoms with E-state index < -0.39 is 0 Å². The highest BCUT2D eigenvalue weighted by Crippen LogP contribution is 2.28. The zero-order chi connectivity index (χ0) is 14.7. The summed E-state index contributed by atoms with van der Waals surface area (Å²) in [7, 11) is 1.92. The summed E-state index contributed by atoms with van der Waals surface area (Å²) in [6.45, 7) is 5.98. The molecule has 0 radical (unpaired) electrons. The molecule has 2 aromatic rings. The predicted molar refractivity (Wildman–Crippen MR) is 79.7 cm³/mol. The van der Waals surface area contributed by atoms with Crippen LogP contribution in [0.4, 0.5) is 11.4 Å². The molecule has 3 N–H and O–H groups in total. The van der Waals surface area contributed by atoms with Crippen molar-refractivity contribution < 1.29 is 4.74 Å². The van der Waals surface area contributed by atoms with Crippen molar-refractivity contribution in [3.05, 3.63) is 30.4 Å². The summed E-state index contributed by atoms with van der Waals surface area (Å²) < 4.78 is 7.57. The summed E-state index contributed by atoms with van der Waals surface area (Å²) in [6.07, 6.45) is 1.77. The minimum absolute atomic E-state index is 0.0398. The Bertz CT molecular complexity index is 579. The molecule has 1 unspecified atom stereocenters. The molecule has 6 heteroatoms. The van der Waals surface area contributed by atoms with Crippen LogP contribution in [0.15, 0.2) is 24.5 Å². The van der Waals surface area contributed by atoms with Gasteiger partial charge in [0.1, 0.15) is 12.1 Å². The van der Waals surface area contributed by atoms with Crippen LogP contribution < -0.4 is 15.8 Å². The molecule has 1 atom stereocenters. The van der Waals surface area contributed by atoms with Crippen LogP contribution in [0.3, 0.4) is 0 Å². The fourth-order valence-electron chi connectivity index (χ4n) is 1.98. The molecule has 0 bridgehead atoms. The number of aryl methyl sites for hydroxylation is 1. The second kappa shape index (κ2) is 5.81. The summed E-state index contributed by atoms with van der Waals surface area (Å²) in [4.78, 5) is 0. The van der Waals surface area contributed by atoms with Gasteiger partial charge in [-0.1, -0.05) is 0 Å². The highest BCUT2D eigenvalue weighted by molar-refractivity contribution is 5.61. The van der Waals surface area contributed by atoms with Crippen molar-refractivity contribution in [1.29, 1.82) is 0 Å². The molecule has 1 aromatic heterocycles. The SMILES string of the molecule is CC(C)Oc1cc(NC(C)c2nncn2C)ccc1N. The minimum atomic E-state index is 0.0398. The molecule has 0 aliphatic rings. The number of nitrogens with one attached hydrogen (secondary N) is 1. The molecule has 0 saturated carbocycles. The fourth-order valence-corrected chi connectivity index (χ4v) is 1.98. The van der Waals surface area contributed by atoms with Crippen molar-refractivity contribution >= 4 is 11.4 Å². The van der Waals surface area contributed by atoms with E-state index in [0.29, 0.717) is 11.4 Å². The van der Waals surface area contributed by atoms with Gasteiger partial charge in [-0.3, -0.25) is 0 Å². The lowest BCUT2D eigenvalue weighted by Crippen LogP contribution is -2.12. The monoisotopic (exact) mass is 275 g/mol. The average Bonchev–Trinajstić information content (AvgIpc) is 2.79. The summed E-state index contributed by atoms with van der Waals surface area (Å²) >= 11 is 0. The molecular weight excluding hydrogens is 254 g/mol. The number of nitrogens with zero attached hydrogens (tertiary/aromatic N) is 3. The maximum absolute atomic E-state index is 5.91. The number of nitrogen functional groups attached to an aromatic ring is 1. The van der Waals surface area contributed by atoms with Gasteiger partial charge in [-0.05, 0) is 32.9 Å². The third-order valence-corrected chi connectivity index (χ3v) is 2.89. The lowest BCUT2D eigenvalue weighted by Gasteiger charge is -2.17. The Morgan fingerprint density at radius 1 is 1.30 bits per heavy atom. The maximum atomic E-state index is 5.91. The van der Waals surface area contributed by atoms with Crippen LogP contribution in [0.5, 0.6) is 5.75 Å². The predicted octanol–water partition coefficient (Wildman–Crippen LogP) is 2.36. The lowest BCUT2D eigenvalue weighted by molar-refractivity contribution is 0.244. The number of rotatable bonds is 5. The van der Waals surface area contributed by atoms with Crippen molar-refractivity contribution in [3.63, 3.8) is 0 Å². The smallest absolute Gasteiger partial charge is 0.154 e. The first kappa shape index (κ1) is 14.2. The number of nitrogens with two attached hydrogens (primary N) is 1. The molecule has 0 spiro atoms. The topological polar surface area (TPSA) is 78.0 Å². The van der Waals surface area contributed by atoms with Gasteiger partial charge in [-0.25, -0.2) is 0 Å². The van der Waals surface area contributed by atoms with Gasteiger partial charge in [0.15, 0.2) is 5.82 Å². The average molecular weight is 275 g/mol. The van der Waals surface area contributed by atoms with Gasteiger partial charge in [-0.2, -0.15) is 0 Å². The van der Waals surface area contributed by atoms with Crippen molar-refractivity contribution in [2.45, 2.75) is 32.9 Å². The highest BCUT2D eigenvalue weighted by atomic mass is 16.5. The first-order valence-corrected chi connectivity index (χ1v) is 6.64. The van der Waals surface area contributed by atoms with Crippen molar-refractivity contribution in [1.82, 2.24) is 14.8 Å². The maximum Gasteiger partial charge on any atom is 0.154 e. The van der Waals surface area contributed by atoms with Crippen LogP contribution in [0, 0.1) is 0 Å². The number of ether oxygens (including phenoxy) is 1. The van der Waals surface area contributed by atoms with Crippen LogP contribution in [-0.2, 0) is 7.05 Å². The van der Waals surface area contributed by atoms with E-state index in [1.54, 1.807) is 6.33 Å². The quantitative estimate of drug-likeness (QED) is 0.819. The number of aromatic nitrogens is 3. The third kappa shape index (κ3) is 3.20. The summed E-state index contributed by atoms with van der Waals surface area (Å²) in [5.41, 5.74) is 7.48. The standard InChI is InChI=1S/C14H21N5O/c1-9(2)20-13-7-11(5-6-12(13)15)17-10(3)14-18-16-8-19(14)4/h5-10,17H,15H2,1-4H3. The Morgan fingerprint density at radius 3 is 2.65 bits per heavy atom. The second-order valence-corrected chi connectivity index (χ2v) is 5.09. The Kier molecular flexibility index (Phi) is 4.12. The zero-order valence-electron chi connectivity index (χ0n) is 12.3. The van der Waals surface area contributed by atoms with E-state index in [1.165, 1.54) is 0 Å². The Labute approximate surface area is 119 Å². The molecule has 2 rings (SSSR count). The van der Waals surface area contributed by atoms with Gasteiger partial charge in [0.25, 0.3) is 0 Å². The Balaban J connectivity index is 2.15. The van der Waals surface area contributed by atoms with Crippen LogP contribution in [0.1, 0.15) is 32.6 Å². The van der Waals surface area contributed by atoms with E-state index in [-0.39, 0.29) is 12.1 Å². The fraction of sp³-hybridized carbons (Fsp3) is 0.429. The van der Waals surface area contributed by atoms with E-state index in [2.05, 4.69) is 15.5 Å². The number of anilines is 2. The Morgan fingerprint density at radius 2 is 2.05 bits per heavy atom. The summed E-state index contributed by atoms with van der Waals surface area (Å²) in [6, 6.07) is 5.71. The summed E-state index contributed by atoms with van der Waals surface area (Å²) in [5.74, 6) is 1.56. The van der Waals surface area contributed by atoms with E-state index in [9.17, 15) is 0 Å². The molecule has 0 saturated heterocycles. The molecule has 1 aromatic carbocycles. The summed E-state index contributed by atoms with van der Waals surface area (Å²) in [5, 5.41) is 11.3. The first-order chi connectivity index (χ1) is 9.47. The molecule has 0 aliphatic heterocycles. The van der Waals surface area contributed by atoms with E-state index >= 15 is 0 Å². The molecule has 1 heterocycles. The largest absolute Gasteiger partial charge is 0.489 e. The van der Waals surface area contributed by atoms with Crippen LogP contribution in [-0.4, -0.2) is 20.9 Å². The van der Waals surface area contributed by atoms with E-state index in [1.807, 2.05) is 50.6 Å². The van der Waals surface area contributed by atoms with Crippen LogP contribution in [0.2, 0.25) is 0 Å². The molecule has 6 nitrogen and oxygen atoms in total. The molecule has 20 heavy (non-hydrogen) atoms. The van der Waals surface area contributed by atoms with E-state index in [0.717, 1.165) is 11.5 Å². The molecule has 0 fully saturated rings. The second-order valence-electron chi connectivity index (χ2n) is 5.09.